The van der Waals surface area contributed by atoms with Crippen LogP contribution in [0, 0.1) is 0 Å². The van der Waals surface area contributed by atoms with Gasteiger partial charge in [-0.3, -0.25) is 4.99 Å². The Morgan fingerprint density at radius 1 is 1.17 bits per heavy atom. The van der Waals surface area contributed by atoms with Crippen molar-refractivity contribution in [2.24, 2.45) is 4.99 Å². The van der Waals surface area contributed by atoms with E-state index in [1.54, 1.807) is 10.5 Å². The summed E-state index contributed by atoms with van der Waals surface area (Å²) in [6.07, 6.45) is 1.76. The van der Waals surface area contributed by atoms with Crippen LogP contribution in [0.25, 0.3) is 0 Å². The SMILES string of the molecule is CN1CCN=C1NCCS(=O)(=O)N1CCN(c2ccccn2)CC1. The molecule has 2 aliphatic heterocycles. The van der Waals surface area contributed by atoms with Crippen LogP contribution in [-0.2, 0) is 10.0 Å². The molecule has 3 heterocycles. The minimum Gasteiger partial charge on any atom is -0.355 e. The van der Waals surface area contributed by atoms with Gasteiger partial charge in [-0.25, -0.2) is 13.4 Å². The molecule has 24 heavy (non-hydrogen) atoms. The fourth-order valence-electron chi connectivity index (χ4n) is 2.88. The minimum absolute atomic E-state index is 0.0868. The third-order valence-electron chi connectivity index (χ3n) is 4.31. The molecule has 0 unspecified atom stereocenters. The van der Waals surface area contributed by atoms with Gasteiger partial charge in [-0.05, 0) is 12.1 Å². The number of hydrogen-bond donors (Lipinski definition) is 1. The Bertz CT molecular complexity index is 670. The highest BCUT2D eigenvalue weighted by Crippen LogP contribution is 2.14. The maximum absolute atomic E-state index is 12.5. The molecular formula is C15H24N6O2S. The van der Waals surface area contributed by atoms with Gasteiger partial charge in [-0.1, -0.05) is 6.07 Å². The molecule has 0 radical (unpaired) electrons. The van der Waals surface area contributed by atoms with E-state index in [2.05, 4.69) is 20.2 Å². The van der Waals surface area contributed by atoms with E-state index in [0.717, 1.165) is 24.9 Å². The molecule has 1 N–H and O–H groups in total. The van der Waals surface area contributed by atoms with Gasteiger partial charge in [0.05, 0.1) is 12.3 Å². The Labute approximate surface area is 143 Å². The summed E-state index contributed by atoms with van der Waals surface area (Å²) in [5, 5.41) is 3.11. The lowest BCUT2D eigenvalue weighted by molar-refractivity contribution is 0.383. The topological polar surface area (TPSA) is 81.1 Å². The van der Waals surface area contributed by atoms with Crippen molar-refractivity contribution >= 4 is 21.8 Å². The number of hydrogen-bond acceptors (Lipinski definition) is 7. The number of nitrogens with zero attached hydrogens (tertiary/aromatic N) is 5. The van der Waals surface area contributed by atoms with Gasteiger partial charge in [0.15, 0.2) is 5.96 Å². The van der Waals surface area contributed by atoms with Crippen molar-refractivity contribution in [2.45, 2.75) is 0 Å². The van der Waals surface area contributed by atoms with E-state index >= 15 is 0 Å². The zero-order chi connectivity index (χ0) is 17.0. The van der Waals surface area contributed by atoms with Crippen LogP contribution in [0.1, 0.15) is 0 Å². The van der Waals surface area contributed by atoms with Gasteiger partial charge in [0.25, 0.3) is 0 Å². The van der Waals surface area contributed by atoms with E-state index in [1.807, 2.05) is 30.1 Å². The smallest absolute Gasteiger partial charge is 0.215 e. The van der Waals surface area contributed by atoms with Gasteiger partial charge in [0.1, 0.15) is 5.82 Å². The van der Waals surface area contributed by atoms with Gasteiger partial charge < -0.3 is 15.1 Å². The second-order valence-corrected chi connectivity index (χ2v) is 8.03. The molecule has 0 saturated carbocycles. The van der Waals surface area contributed by atoms with Crippen LogP contribution in [-0.4, -0.2) is 87.2 Å². The predicted molar refractivity (Wildman–Crippen MR) is 94.7 cm³/mol. The van der Waals surface area contributed by atoms with Crippen LogP contribution in [0.4, 0.5) is 5.82 Å². The summed E-state index contributed by atoms with van der Waals surface area (Å²) < 4.78 is 26.5. The molecular weight excluding hydrogens is 328 g/mol. The number of sulfonamides is 1. The van der Waals surface area contributed by atoms with Gasteiger partial charge in [0.2, 0.25) is 10.0 Å². The van der Waals surface area contributed by atoms with Gasteiger partial charge in [0, 0.05) is 52.5 Å². The molecule has 0 atom stereocenters. The van der Waals surface area contributed by atoms with Crippen molar-refractivity contribution < 1.29 is 8.42 Å². The number of likely N-dealkylation sites (N-methyl/N-ethyl adjacent to an activating group) is 1. The molecule has 1 aromatic heterocycles. The van der Waals surface area contributed by atoms with Gasteiger partial charge >= 0.3 is 0 Å². The van der Waals surface area contributed by atoms with E-state index < -0.39 is 10.0 Å². The molecule has 0 aliphatic carbocycles. The third-order valence-corrected chi connectivity index (χ3v) is 6.18. The predicted octanol–water partition coefficient (Wildman–Crippen LogP) is -0.576. The Morgan fingerprint density at radius 2 is 1.96 bits per heavy atom. The molecule has 1 fully saturated rings. The molecule has 132 valence electrons. The zero-order valence-corrected chi connectivity index (χ0v) is 14.7. The first kappa shape index (κ1) is 17.0. The number of rotatable bonds is 5. The van der Waals surface area contributed by atoms with Crippen LogP contribution in [0.2, 0.25) is 0 Å². The molecule has 8 nitrogen and oxygen atoms in total. The average molecular weight is 352 g/mol. The molecule has 2 aliphatic rings. The second kappa shape index (κ2) is 7.35. The van der Waals surface area contributed by atoms with E-state index in [4.69, 9.17) is 0 Å². The van der Waals surface area contributed by atoms with Crippen LogP contribution >= 0.6 is 0 Å². The van der Waals surface area contributed by atoms with Crippen molar-refractivity contribution in [1.82, 2.24) is 19.5 Å². The minimum atomic E-state index is -3.25. The van der Waals surface area contributed by atoms with Crippen LogP contribution < -0.4 is 10.2 Å². The Balaban J connectivity index is 1.48. The fourth-order valence-corrected chi connectivity index (χ4v) is 4.22. The number of aliphatic imine (C=N–C) groups is 1. The number of nitrogens with one attached hydrogen (secondary N) is 1. The van der Waals surface area contributed by atoms with E-state index in [-0.39, 0.29) is 5.75 Å². The van der Waals surface area contributed by atoms with Crippen molar-refractivity contribution in [3.8, 4) is 0 Å². The number of guanidine groups is 1. The Kier molecular flexibility index (Phi) is 5.20. The maximum Gasteiger partial charge on any atom is 0.215 e. The lowest BCUT2D eigenvalue weighted by atomic mass is 10.3. The van der Waals surface area contributed by atoms with Crippen molar-refractivity contribution in [1.29, 1.82) is 0 Å². The monoisotopic (exact) mass is 352 g/mol. The van der Waals surface area contributed by atoms with Gasteiger partial charge in [-0.2, -0.15) is 4.31 Å². The largest absolute Gasteiger partial charge is 0.355 e. The summed E-state index contributed by atoms with van der Waals surface area (Å²) >= 11 is 0. The summed E-state index contributed by atoms with van der Waals surface area (Å²) in [5.74, 6) is 1.77. The zero-order valence-electron chi connectivity index (χ0n) is 13.9. The number of aromatic nitrogens is 1. The second-order valence-electron chi connectivity index (χ2n) is 5.94. The summed E-state index contributed by atoms with van der Waals surface area (Å²) in [7, 11) is -1.30. The molecule has 0 spiro atoms. The highest BCUT2D eigenvalue weighted by Gasteiger charge is 2.27. The molecule has 1 saturated heterocycles. The summed E-state index contributed by atoms with van der Waals surface area (Å²) in [6, 6.07) is 5.77. The number of piperazine rings is 1. The standard InChI is InChI=1S/C15H24N6O2S/c1-19-8-6-17-15(19)18-7-13-24(22,23)21-11-9-20(10-12-21)14-4-2-3-5-16-14/h2-5H,6-13H2,1H3,(H,17,18). The van der Waals surface area contributed by atoms with Crippen molar-refractivity contribution in [2.75, 3.05) is 63.5 Å². The Hall–Kier alpha value is -1.87. The molecule has 0 amide bonds. The first-order chi connectivity index (χ1) is 11.6. The lowest BCUT2D eigenvalue weighted by Crippen LogP contribution is -2.50. The summed E-state index contributed by atoms with van der Waals surface area (Å²) in [5.41, 5.74) is 0. The summed E-state index contributed by atoms with van der Waals surface area (Å²) in [4.78, 5) is 12.7. The quantitative estimate of drug-likeness (QED) is 0.764. The molecule has 0 bridgehead atoms. The highest BCUT2D eigenvalue weighted by atomic mass is 32.2. The van der Waals surface area contributed by atoms with Crippen LogP contribution in [0.5, 0.6) is 0 Å². The van der Waals surface area contributed by atoms with Crippen molar-refractivity contribution in [3.63, 3.8) is 0 Å². The average Bonchev–Trinajstić information content (AvgIpc) is 3.01. The lowest BCUT2D eigenvalue weighted by Gasteiger charge is -2.34. The first-order valence-electron chi connectivity index (χ1n) is 8.19. The fraction of sp³-hybridized carbons (Fsp3) is 0.600. The number of pyridine rings is 1. The molecule has 3 rings (SSSR count). The molecule has 9 heteroatoms. The molecule has 0 aromatic carbocycles. The van der Waals surface area contributed by atoms with E-state index in [9.17, 15) is 8.42 Å². The van der Waals surface area contributed by atoms with Crippen LogP contribution in [0.3, 0.4) is 0 Å². The van der Waals surface area contributed by atoms with Crippen molar-refractivity contribution in [3.05, 3.63) is 24.4 Å². The maximum atomic E-state index is 12.5. The van der Waals surface area contributed by atoms with E-state index in [0.29, 0.717) is 32.7 Å². The Morgan fingerprint density at radius 3 is 2.58 bits per heavy atom. The number of anilines is 1. The normalized spacial score (nSPS) is 19.5. The van der Waals surface area contributed by atoms with E-state index in [1.165, 1.54) is 0 Å². The summed E-state index contributed by atoms with van der Waals surface area (Å²) in [6.45, 7) is 4.36. The third kappa shape index (κ3) is 3.96. The first-order valence-corrected chi connectivity index (χ1v) is 9.80. The highest BCUT2D eigenvalue weighted by molar-refractivity contribution is 7.89. The van der Waals surface area contributed by atoms with Gasteiger partial charge in [-0.15, -0.1) is 0 Å². The van der Waals surface area contributed by atoms with Crippen LogP contribution in [0.15, 0.2) is 29.4 Å². The molecule has 1 aromatic rings.